The second kappa shape index (κ2) is 4.26. The number of ketones is 1. The first-order chi connectivity index (χ1) is 7.68. The number of benzene rings is 1. The number of para-hydroxylation sites is 1. The van der Waals surface area contributed by atoms with Crippen LogP contribution in [-0.2, 0) is 14.9 Å². The second-order valence-corrected chi connectivity index (χ2v) is 4.35. The molecule has 0 saturated carbocycles. The van der Waals surface area contributed by atoms with Crippen molar-refractivity contribution < 1.29 is 14.3 Å². The quantitative estimate of drug-likeness (QED) is 0.778. The molecule has 0 N–H and O–H groups in total. The lowest BCUT2D eigenvalue weighted by molar-refractivity contribution is -0.125. The third-order valence-electron chi connectivity index (χ3n) is 3.02. The summed E-state index contributed by atoms with van der Waals surface area (Å²) in [5, 5.41) is 0. The third-order valence-corrected chi connectivity index (χ3v) is 3.02. The molecule has 0 spiro atoms. The monoisotopic (exact) mass is 220 g/mol. The van der Waals surface area contributed by atoms with Gasteiger partial charge in [0.2, 0.25) is 0 Å². The summed E-state index contributed by atoms with van der Waals surface area (Å²) in [4.78, 5) is 11.3. The van der Waals surface area contributed by atoms with Crippen molar-refractivity contribution in [2.75, 3.05) is 20.3 Å². The van der Waals surface area contributed by atoms with Gasteiger partial charge < -0.3 is 9.47 Å². The molecular formula is C13H16O3. The summed E-state index contributed by atoms with van der Waals surface area (Å²) in [7, 11) is 1.65. The number of Topliss-reactive ketones (excluding diaryl/α,β-unsaturated/α-hetero) is 1. The number of hydrogen-bond acceptors (Lipinski definition) is 3. The predicted octanol–water partition coefficient (Wildman–Crippen LogP) is 1.94. The highest BCUT2D eigenvalue weighted by atomic mass is 16.5. The lowest BCUT2D eigenvalue weighted by Gasteiger charge is -2.42. The maximum absolute atomic E-state index is 11.3. The molecule has 0 unspecified atom stereocenters. The highest BCUT2D eigenvalue weighted by Crippen LogP contribution is 2.40. The van der Waals surface area contributed by atoms with E-state index < -0.39 is 0 Å². The van der Waals surface area contributed by atoms with E-state index in [2.05, 4.69) is 0 Å². The van der Waals surface area contributed by atoms with Crippen LogP contribution >= 0.6 is 0 Å². The summed E-state index contributed by atoms with van der Waals surface area (Å²) < 4.78 is 10.6. The molecule has 0 amide bonds. The van der Waals surface area contributed by atoms with E-state index in [1.165, 1.54) is 0 Å². The van der Waals surface area contributed by atoms with E-state index in [0.29, 0.717) is 19.6 Å². The zero-order valence-corrected chi connectivity index (χ0v) is 9.66. The lowest BCUT2D eigenvalue weighted by Crippen LogP contribution is -2.48. The maximum atomic E-state index is 11.3. The van der Waals surface area contributed by atoms with Crippen LogP contribution in [-0.4, -0.2) is 26.1 Å². The average molecular weight is 220 g/mol. The molecule has 3 heteroatoms. The van der Waals surface area contributed by atoms with E-state index in [-0.39, 0.29) is 11.2 Å². The van der Waals surface area contributed by atoms with Crippen LogP contribution < -0.4 is 4.74 Å². The van der Waals surface area contributed by atoms with Gasteiger partial charge in [0.15, 0.2) is 0 Å². The molecule has 16 heavy (non-hydrogen) atoms. The van der Waals surface area contributed by atoms with E-state index in [9.17, 15) is 4.79 Å². The van der Waals surface area contributed by atoms with Gasteiger partial charge in [0.25, 0.3) is 0 Å². The number of hydrogen-bond donors (Lipinski definition) is 0. The Morgan fingerprint density at radius 3 is 2.62 bits per heavy atom. The van der Waals surface area contributed by atoms with Gasteiger partial charge in [0.1, 0.15) is 11.5 Å². The van der Waals surface area contributed by atoms with Crippen LogP contribution in [0.3, 0.4) is 0 Å². The highest BCUT2D eigenvalue weighted by Gasteiger charge is 2.43. The van der Waals surface area contributed by atoms with Crippen LogP contribution in [0.5, 0.6) is 5.75 Å². The Balaban J connectivity index is 2.36. The van der Waals surface area contributed by atoms with Crippen molar-refractivity contribution in [3.63, 3.8) is 0 Å². The van der Waals surface area contributed by atoms with Crippen molar-refractivity contribution in [3.05, 3.63) is 29.8 Å². The Hall–Kier alpha value is -1.35. The molecule has 1 aliphatic heterocycles. The summed E-state index contributed by atoms with van der Waals surface area (Å²) in [5.74, 6) is 1.03. The first kappa shape index (κ1) is 11.1. The van der Waals surface area contributed by atoms with Crippen molar-refractivity contribution in [2.24, 2.45) is 0 Å². The molecule has 1 fully saturated rings. The van der Waals surface area contributed by atoms with Crippen molar-refractivity contribution in [1.29, 1.82) is 0 Å². The van der Waals surface area contributed by atoms with Crippen LogP contribution in [0.1, 0.15) is 18.9 Å². The number of methoxy groups -OCH3 is 1. The van der Waals surface area contributed by atoms with Gasteiger partial charge in [-0.15, -0.1) is 0 Å². The Morgan fingerprint density at radius 2 is 2.12 bits per heavy atom. The van der Waals surface area contributed by atoms with E-state index >= 15 is 0 Å². The van der Waals surface area contributed by atoms with Gasteiger partial charge >= 0.3 is 0 Å². The summed E-state index contributed by atoms with van der Waals surface area (Å²) in [6.45, 7) is 2.83. The van der Waals surface area contributed by atoms with Crippen molar-refractivity contribution in [3.8, 4) is 5.75 Å². The molecule has 1 saturated heterocycles. The van der Waals surface area contributed by atoms with E-state index in [1.54, 1.807) is 14.0 Å². The van der Waals surface area contributed by atoms with E-state index in [0.717, 1.165) is 11.3 Å². The minimum absolute atomic E-state index is 0.168. The average Bonchev–Trinajstić information content (AvgIpc) is 2.23. The van der Waals surface area contributed by atoms with Gasteiger partial charge in [-0.2, -0.15) is 0 Å². The smallest absolute Gasteiger partial charge is 0.130 e. The second-order valence-electron chi connectivity index (χ2n) is 4.35. The van der Waals surface area contributed by atoms with Gasteiger partial charge in [0, 0.05) is 12.0 Å². The lowest BCUT2D eigenvalue weighted by atomic mass is 9.74. The van der Waals surface area contributed by atoms with Crippen molar-refractivity contribution in [2.45, 2.75) is 18.8 Å². The number of rotatable bonds is 4. The molecule has 1 aromatic rings. The van der Waals surface area contributed by atoms with Crippen molar-refractivity contribution in [1.82, 2.24) is 0 Å². The molecule has 0 atom stereocenters. The summed E-state index contributed by atoms with van der Waals surface area (Å²) in [6.07, 6.45) is 0.521. The van der Waals surface area contributed by atoms with Gasteiger partial charge in [0.05, 0.1) is 25.7 Å². The topological polar surface area (TPSA) is 35.5 Å². The van der Waals surface area contributed by atoms with Gasteiger partial charge in [-0.05, 0) is 13.0 Å². The van der Waals surface area contributed by atoms with Gasteiger partial charge in [-0.1, -0.05) is 18.2 Å². The van der Waals surface area contributed by atoms with Crippen LogP contribution in [0.25, 0.3) is 0 Å². The Bertz CT molecular complexity index is 394. The van der Waals surface area contributed by atoms with Crippen molar-refractivity contribution >= 4 is 5.78 Å². The molecule has 0 bridgehead atoms. The third kappa shape index (κ3) is 1.83. The molecule has 0 radical (unpaired) electrons. The van der Waals surface area contributed by atoms with Crippen LogP contribution in [0.15, 0.2) is 24.3 Å². The fourth-order valence-corrected chi connectivity index (χ4v) is 2.26. The zero-order valence-electron chi connectivity index (χ0n) is 9.66. The molecule has 2 rings (SSSR count). The molecule has 86 valence electrons. The molecule has 1 aliphatic rings. The van der Waals surface area contributed by atoms with E-state index in [1.807, 2.05) is 24.3 Å². The van der Waals surface area contributed by atoms with E-state index in [4.69, 9.17) is 9.47 Å². The standard InChI is InChI=1S/C13H16O3/c1-10(14)7-13(8-16-9-13)11-5-3-4-6-12(11)15-2/h3-6H,7-9H2,1-2H3. The largest absolute Gasteiger partial charge is 0.496 e. The van der Waals surface area contributed by atoms with Gasteiger partial charge in [-0.25, -0.2) is 0 Å². The molecular weight excluding hydrogens is 204 g/mol. The van der Waals surface area contributed by atoms with Gasteiger partial charge in [-0.3, -0.25) is 4.79 Å². The number of carbonyl (C=O) groups excluding carboxylic acids is 1. The highest BCUT2D eigenvalue weighted by molar-refractivity contribution is 5.77. The zero-order chi connectivity index (χ0) is 11.6. The Labute approximate surface area is 95.4 Å². The SMILES string of the molecule is COc1ccccc1C1(CC(C)=O)COC1. The number of ether oxygens (including phenoxy) is 2. The first-order valence-electron chi connectivity index (χ1n) is 5.39. The Morgan fingerprint density at radius 1 is 1.44 bits per heavy atom. The molecule has 1 heterocycles. The molecule has 3 nitrogen and oxygen atoms in total. The maximum Gasteiger partial charge on any atom is 0.130 e. The summed E-state index contributed by atoms with van der Waals surface area (Å²) >= 11 is 0. The molecule has 0 aromatic heterocycles. The molecule has 1 aromatic carbocycles. The minimum atomic E-state index is -0.168. The fraction of sp³-hybridized carbons (Fsp3) is 0.462. The number of carbonyl (C=O) groups is 1. The summed E-state index contributed by atoms with van der Waals surface area (Å²) in [6, 6.07) is 7.85. The normalized spacial score (nSPS) is 17.6. The van der Waals surface area contributed by atoms with Crippen LogP contribution in [0.2, 0.25) is 0 Å². The van der Waals surface area contributed by atoms with Crippen LogP contribution in [0, 0.1) is 0 Å². The van der Waals surface area contributed by atoms with Crippen LogP contribution in [0.4, 0.5) is 0 Å². The minimum Gasteiger partial charge on any atom is -0.496 e. The molecule has 0 aliphatic carbocycles. The fourth-order valence-electron chi connectivity index (χ4n) is 2.26. The predicted molar refractivity (Wildman–Crippen MR) is 60.8 cm³/mol. The Kier molecular flexibility index (Phi) is 2.97. The summed E-state index contributed by atoms with van der Waals surface area (Å²) in [5.41, 5.74) is 0.914. The first-order valence-corrected chi connectivity index (χ1v) is 5.39.